The first kappa shape index (κ1) is 20.9. The molecule has 29 heavy (non-hydrogen) atoms. The molecule has 2 aromatic rings. The maximum atomic E-state index is 13.6. The van der Waals surface area contributed by atoms with E-state index < -0.39 is 21.7 Å². The molecule has 0 atom stereocenters. The van der Waals surface area contributed by atoms with E-state index in [2.05, 4.69) is 5.32 Å². The molecule has 0 aliphatic carbocycles. The summed E-state index contributed by atoms with van der Waals surface area (Å²) >= 11 is 0. The second-order valence-corrected chi connectivity index (χ2v) is 8.96. The van der Waals surface area contributed by atoms with Gasteiger partial charge in [-0.15, -0.1) is 0 Å². The molecule has 1 heterocycles. The van der Waals surface area contributed by atoms with Crippen molar-refractivity contribution in [1.29, 1.82) is 0 Å². The summed E-state index contributed by atoms with van der Waals surface area (Å²) in [4.78, 5) is 23.6. The van der Waals surface area contributed by atoms with Crippen LogP contribution < -0.4 is 11.1 Å². The van der Waals surface area contributed by atoms with Crippen molar-refractivity contribution in [1.82, 2.24) is 4.31 Å². The Morgan fingerprint density at radius 2 is 1.72 bits per heavy atom. The van der Waals surface area contributed by atoms with E-state index in [1.54, 1.807) is 19.1 Å². The SMILES string of the molecule is Cc1ccc(NC(=O)C2CCN(S(=O)(=O)c3ccc(C(N)=O)cc3)CC2)cc1F. The van der Waals surface area contributed by atoms with E-state index in [0.29, 0.717) is 24.1 Å². The molecule has 9 heteroatoms. The number of nitrogens with two attached hydrogens (primary N) is 1. The van der Waals surface area contributed by atoms with Crippen LogP contribution in [0.5, 0.6) is 0 Å². The van der Waals surface area contributed by atoms with Gasteiger partial charge < -0.3 is 11.1 Å². The van der Waals surface area contributed by atoms with Crippen LogP contribution in [-0.4, -0.2) is 37.6 Å². The molecule has 3 rings (SSSR count). The fraction of sp³-hybridized carbons (Fsp3) is 0.300. The van der Waals surface area contributed by atoms with Gasteiger partial charge in [-0.3, -0.25) is 9.59 Å². The standard InChI is InChI=1S/C20H22FN3O4S/c1-13-2-5-16(12-18(13)21)23-20(26)15-8-10-24(11-9-15)29(27,28)17-6-3-14(4-7-17)19(22)25/h2-7,12,15H,8-11H2,1H3,(H2,22,25)(H,23,26). The van der Waals surface area contributed by atoms with Crippen molar-refractivity contribution in [3.05, 3.63) is 59.4 Å². The van der Waals surface area contributed by atoms with Gasteiger partial charge in [-0.25, -0.2) is 12.8 Å². The summed E-state index contributed by atoms with van der Waals surface area (Å²) in [7, 11) is -3.72. The third kappa shape index (κ3) is 4.63. The number of sulfonamides is 1. The number of hydrogen-bond acceptors (Lipinski definition) is 4. The van der Waals surface area contributed by atoms with Gasteiger partial charge >= 0.3 is 0 Å². The van der Waals surface area contributed by atoms with Crippen molar-refractivity contribution in [3.63, 3.8) is 0 Å². The zero-order chi connectivity index (χ0) is 21.2. The maximum Gasteiger partial charge on any atom is 0.248 e. The van der Waals surface area contributed by atoms with Gasteiger partial charge in [0.1, 0.15) is 5.82 Å². The highest BCUT2D eigenvalue weighted by Crippen LogP contribution is 2.25. The number of nitrogens with zero attached hydrogens (tertiary/aromatic N) is 1. The van der Waals surface area contributed by atoms with Crippen LogP contribution >= 0.6 is 0 Å². The fourth-order valence-corrected chi connectivity index (χ4v) is 4.68. The number of nitrogens with one attached hydrogen (secondary N) is 1. The molecule has 2 amide bonds. The Labute approximate surface area is 168 Å². The normalized spacial score (nSPS) is 15.8. The molecule has 0 bridgehead atoms. The van der Waals surface area contributed by atoms with Crippen molar-refractivity contribution in [3.8, 4) is 0 Å². The quantitative estimate of drug-likeness (QED) is 0.775. The second-order valence-electron chi connectivity index (χ2n) is 7.02. The van der Waals surface area contributed by atoms with E-state index in [9.17, 15) is 22.4 Å². The Balaban J connectivity index is 1.62. The molecule has 154 valence electrons. The number of aryl methyl sites for hydroxylation is 1. The van der Waals surface area contributed by atoms with Crippen molar-refractivity contribution in [2.45, 2.75) is 24.7 Å². The molecular formula is C20H22FN3O4S. The van der Waals surface area contributed by atoms with Crippen LogP contribution in [0.2, 0.25) is 0 Å². The summed E-state index contributed by atoms with van der Waals surface area (Å²) < 4.78 is 40.5. The van der Waals surface area contributed by atoms with Gasteiger partial charge in [0, 0.05) is 30.3 Å². The van der Waals surface area contributed by atoms with Gasteiger partial charge in [-0.1, -0.05) is 6.07 Å². The molecule has 1 saturated heterocycles. The minimum absolute atomic E-state index is 0.0699. The first-order valence-electron chi connectivity index (χ1n) is 9.15. The Morgan fingerprint density at radius 3 is 2.28 bits per heavy atom. The van der Waals surface area contributed by atoms with Gasteiger partial charge in [0.05, 0.1) is 4.90 Å². The number of rotatable bonds is 5. The first-order chi connectivity index (χ1) is 13.7. The fourth-order valence-electron chi connectivity index (χ4n) is 3.21. The van der Waals surface area contributed by atoms with Crippen molar-refractivity contribution in [2.75, 3.05) is 18.4 Å². The lowest BCUT2D eigenvalue weighted by Crippen LogP contribution is -2.41. The molecule has 0 spiro atoms. The maximum absolute atomic E-state index is 13.6. The largest absolute Gasteiger partial charge is 0.366 e. The lowest BCUT2D eigenvalue weighted by Gasteiger charge is -2.30. The van der Waals surface area contributed by atoms with Crippen LogP contribution in [0.3, 0.4) is 0 Å². The molecule has 1 aliphatic heterocycles. The van der Waals surface area contributed by atoms with Gasteiger partial charge in [0.15, 0.2) is 0 Å². The van der Waals surface area contributed by atoms with Gasteiger partial charge in [-0.2, -0.15) is 4.31 Å². The van der Waals surface area contributed by atoms with Crippen LogP contribution in [0.25, 0.3) is 0 Å². The number of carbonyl (C=O) groups excluding carboxylic acids is 2. The molecule has 7 nitrogen and oxygen atoms in total. The molecule has 3 N–H and O–H groups in total. The van der Waals surface area contributed by atoms with Crippen molar-refractivity contribution >= 4 is 27.5 Å². The molecule has 0 unspecified atom stereocenters. The monoisotopic (exact) mass is 419 g/mol. The molecule has 0 aromatic heterocycles. The molecule has 0 saturated carbocycles. The minimum atomic E-state index is -3.72. The van der Waals surface area contributed by atoms with Crippen molar-refractivity contribution in [2.24, 2.45) is 11.7 Å². The van der Waals surface area contributed by atoms with Gasteiger partial charge in [0.2, 0.25) is 21.8 Å². The first-order valence-corrected chi connectivity index (χ1v) is 10.6. The summed E-state index contributed by atoms with van der Waals surface area (Å²) in [6.45, 7) is 2.03. The van der Waals surface area contributed by atoms with E-state index in [4.69, 9.17) is 5.73 Å². The third-order valence-electron chi connectivity index (χ3n) is 5.04. The Hall–Kier alpha value is -2.78. The van der Waals surface area contributed by atoms with Crippen LogP contribution in [0.4, 0.5) is 10.1 Å². The summed E-state index contributed by atoms with van der Waals surface area (Å²) in [6.07, 6.45) is 0.720. The zero-order valence-corrected chi connectivity index (χ0v) is 16.7. The Bertz CT molecular complexity index is 1030. The van der Waals surface area contributed by atoms with Crippen LogP contribution in [-0.2, 0) is 14.8 Å². The lowest BCUT2D eigenvalue weighted by molar-refractivity contribution is -0.120. The highest BCUT2D eigenvalue weighted by molar-refractivity contribution is 7.89. The van der Waals surface area contributed by atoms with Crippen LogP contribution in [0.1, 0.15) is 28.8 Å². The van der Waals surface area contributed by atoms with Crippen LogP contribution in [0, 0.1) is 18.7 Å². The number of anilines is 1. The average molecular weight is 419 g/mol. The molecule has 2 aromatic carbocycles. The minimum Gasteiger partial charge on any atom is -0.366 e. The summed E-state index contributed by atoms with van der Waals surface area (Å²) in [6, 6.07) is 9.92. The Kier molecular flexibility index (Phi) is 5.99. The van der Waals surface area contributed by atoms with Gasteiger partial charge in [-0.05, 0) is 61.7 Å². The smallest absolute Gasteiger partial charge is 0.248 e. The predicted octanol–water partition coefficient (Wildman–Crippen LogP) is 2.27. The number of primary amides is 1. The number of carbonyl (C=O) groups is 2. The average Bonchev–Trinajstić information content (AvgIpc) is 2.71. The topological polar surface area (TPSA) is 110 Å². The van der Waals surface area contributed by atoms with E-state index in [-0.39, 0.29) is 35.4 Å². The number of piperidine rings is 1. The Morgan fingerprint density at radius 1 is 1.10 bits per heavy atom. The van der Waals surface area contributed by atoms with E-state index >= 15 is 0 Å². The zero-order valence-electron chi connectivity index (χ0n) is 15.9. The number of hydrogen-bond donors (Lipinski definition) is 2. The molecule has 1 fully saturated rings. The summed E-state index contributed by atoms with van der Waals surface area (Å²) in [5.74, 6) is -1.64. The highest BCUT2D eigenvalue weighted by atomic mass is 32.2. The highest BCUT2D eigenvalue weighted by Gasteiger charge is 2.32. The predicted molar refractivity (Wildman–Crippen MR) is 106 cm³/mol. The summed E-state index contributed by atoms with van der Waals surface area (Å²) in [5, 5.41) is 2.69. The van der Waals surface area contributed by atoms with E-state index in [1.807, 2.05) is 0 Å². The number of amides is 2. The number of benzene rings is 2. The van der Waals surface area contributed by atoms with E-state index in [1.165, 1.54) is 34.6 Å². The summed E-state index contributed by atoms with van der Waals surface area (Å²) in [5.41, 5.74) is 6.27. The third-order valence-corrected chi connectivity index (χ3v) is 6.95. The molecular weight excluding hydrogens is 397 g/mol. The van der Waals surface area contributed by atoms with Crippen molar-refractivity contribution < 1.29 is 22.4 Å². The van der Waals surface area contributed by atoms with Crippen LogP contribution in [0.15, 0.2) is 47.4 Å². The number of halogens is 1. The lowest BCUT2D eigenvalue weighted by atomic mass is 9.97. The van der Waals surface area contributed by atoms with Gasteiger partial charge in [0.25, 0.3) is 0 Å². The van der Waals surface area contributed by atoms with E-state index in [0.717, 1.165) is 0 Å². The second kappa shape index (κ2) is 8.30. The molecule has 0 radical (unpaired) electrons. The molecule has 1 aliphatic rings.